The molecule has 0 bridgehead atoms. The Labute approximate surface area is 105 Å². The molecule has 6 heteroatoms. The van der Waals surface area contributed by atoms with Crippen LogP contribution in [0.25, 0.3) is 0 Å². The average molecular weight is 256 g/mol. The molecule has 0 aliphatic carbocycles. The zero-order chi connectivity index (χ0) is 11.5. The van der Waals surface area contributed by atoms with E-state index in [1.165, 1.54) is 0 Å². The Morgan fingerprint density at radius 1 is 1.47 bits per heavy atom. The molecule has 0 saturated heterocycles. The predicted molar refractivity (Wildman–Crippen MR) is 68.1 cm³/mol. The molecule has 1 aromatic rings. The van der Waals surface area contributed by atoms with E-state index >= 15 is 0 Å². The number of amidine groups is 1. The maximum absolute atomic E-state index is 11.7. The minimum absolute atomic E-state index is 0. The molecular formula is C11H14ClN3O2. The first kappa shape index (κ1) is 13.3. The summed E-state index contributed by atoms with van der Waals surface area (Å²) in [6.07, 6.45) is 0.375. The third-order valence-corrected chi connectivity index (χ3v) is 2.41. The van der Waals surface area contributed by atoms with Gasteiger partial charge in [0.25, 0.3) is 5.91 Å². The summed E-state index contributed by atoms with van der Waals surface area (Å²) < 4.78 is 5.30. The van der Waals surface area contributed by atoms with E-state index in [4.69, 9.17) is 15.9 Å². The van der Waals surface area contributed by atoms with Gasteiger partial charge in [-0.05, 0) is 12.1 Å². The van der Waals surface area contributed by atoms with E-state index in [0.29, 0.717) is 18.7 Å². The summed E-state index contributed by atoms with van der Waals surface area (Å²) in [6.45, 7) is 0.476. The van der Waals surface area contributed by atoms with Gasteiger partial charge in [0, 0.05) is 13.0 Å². The Morgan fingerprint density at radius 3 is 2.88 bits per heavy atom. The summed E-state index contributed by atoms with van der Waals surface area (Å²) in [5.41, 5.74) is 6.04. The van der Waals surface area contributed by atoms with E-state index in [9.17, 15) is 4.79 Å². The maximum Gasteiger partial charge on any atom is 0.265 e. The number of rotatable bonds is 3. The van der Waals surface area contributed by atoms with Crippen molar-refractivity contribution in [1.29, 1.82) is 5.41 Å². The fraction of sp³-hybridized carbons (Fsp3) is 0.273. The van der Waals surface area contributed by atoms with Crippen molar-refractivity contribution in [3.8, 4) is 5.75 Å². The molecule has 0 aromatic heterocycles. The number of nitrogens with two attached hydrogens (primary N) is 1. The molecule has 1 heterocycles. The van der Waals surface area contributed by atoms with Crippen molar-refractivity contribution < 1.29 is 9.53 Å². The molecule has 0 unspecified atom stereocenters. The van der Waals surface area contributed by atoms with Crippen molar-refractivity contribution in [2.75, 3.05) is 18.1 Å². The monoisotopic (exact) mass is 255 g/mol. The standard InChI is InChI=1S/C11H13N3O2.ClH/c12-10(13)5-6-14-8-3-1-2-4-9(8)16-7-11(14)15;/h1-4H,5-7H2,(H3,12,13);1H. The molecule has 0 radical (unpaired) electrons. The third-order valence-electron chi connectivity index (χ3n) is 2.41. The summed E-state index contributed by atoms with van der Waals surface area (Å²) in [5.74, 6) is 0.683. The molecule has 2 rings (SSSR count). The minimum Gasteiger partial charge on any atom is -0.482 e. The third kappa shape index (κ3) is 2.88. The summed E-state index contributed by atoms with van der Waals surface area (Å²) in [6, 6.07) is 7.36. The van der Waals surface area contributed by atoms with Crippen LogP contribution < -0.4 is 15.4 Å². The number of ether oxygens (including phenoxy) is 1. The van der Waals surface area contributed by atoms with Crippen LogP contribution >= 0.6 is 12.4 Å². The van der Waals surface area contributed by atoms with Gasteiger partial charge in [-0.15, -0.1) is 12.4 Å². The Hall–Kier alpha value is -1.75. The largest absolute Gasteiger partial charge is 0.482 e. The Bertz CT molecular complexity index is 436. The number of anilines is 1. The lowest BCUT2D eigenvalue weighted by atomic mass is 10.2. The summed E-state index contributed by atoms with van der Waals surface area (Å²) >= 11 is 0. The molecule has 3 N–H and O–H groups in total. The van der Waals surface area contributed by atoms with E-state index in [0.717, 1.165) is 5.69 Å². The lowest BCUT2D eigenvalue weighted by Crippen LogP contribution is -2.40. The molecule has 5 nitrogen and oxygen atoms in total. The van der Waals surface area contributed by atoms with Gasteiger partial charge < -0.3 is 15.4 Å². The van der Waals surface area contributed by atoms with Crippen LogP contribution in [0, 0.1) is 5.41 Å². The Kier molecular flexibility index (Phi) is 4.34. The highest BCUT2D eigenvalue weighted by molar-refractivity contribution is 5.98. The van der Waals surface area contributed by atoms with Gasteiger partial charge in [0.2, 0.25) is 0 Å². The van der Waals surface area contributed by atoms with Crippen LogP contribution in [-0.4, -0.2) is 24.9 Å². The van der Waals surface area contributed by atoms with E-state index in [2.05, 4.69) is 0 Å². The summed E-state index contributed by atoms with van der Waals surface area (Å²) in [4.78, 5) is 13.3. The van der Waals surface area contributed by atoms with Crippen molar-refractivity contribution in [2.45, 2.75) is 6.42 Å². The first-order chi connectivity index (χ1) is 7.68. The van der Waals surface area contributed by atoms with Gasteiger partial charge in [-0.2, -0.15) is 0 Å². The number of nitrogens with one attached hydrogen (secondary N) is 1. The molecule has 0 saturated carbocycles. The Morgan fingerprint density at radius 2 is 2.18 bits per heavy atom. The van der Waals surface area contributed by atoms with E-state index in [1.807, 2.05) is 24.3 Å². The highest BCUT2D eigenvalue weighted by Crippen LogP contribution is 2.31. The van der Waals surface area contributed by atoms with Gasteiger partial charge in [-0.3, -0.25) is 10.2 Å². The molecule has 17 heavy (non-hydrogen) atoms. The topological polar surface area (TPSA) is 79.4 Å². The second kappa shape index (κ2) is 5.54. The number of carbonyl (C=O) groups is 1. The average Bonchev–Trinajstić information content (AvgIpc) is 2.27. The van der Waals surface area contributed by atoms with Gasteiger partial charge in [-0.1, -0.05) is 12.1 Å². The van der Waals surface area contributed by atoms with Crippen LogP contribution in [0.1, 0.15) is 6.42 Å². The molecule has 0 atom stereocenters. The first-order valence-electron chi connectivity index (χ1n) is 5.03. The zero-order valence-electron chi connectivity index (χ0n) is 9.18. The van der Waals surface area contributed by atoms with Crippen LogP contribution in [0.3, 0.4) is 0 Å². The van der Waals surface area contributed by atoms with Crippen molar-refractivity contribution in [2.24, 2.45) is 5.73 Å². The number of hydrogen-bond acceptors (Lipinski definition) is 3. The number of fused-ring (bicyclic) bond motifs is 1. The second-order valence-corrected chi connectivity index (χ2v) is 3.58. The van der Waals surface area contributed by atoms with E-state index < -0.39 is 0 Å². The highest BCUT2D eigenvalue weighted by atomic mass is 35.5. The van der Waals surface area contributed by atoms with Crippen LogP contribution in [0.2, 0.25) is 0 Å². The van der Waals surface area contributed by atoms with E-state index in [-0.39, 0.29) is 30.8 Å². The summed E-state index contributed by atoms with van der Waals surface area (Å²) in [5, 5.41) is 7.17. The number of carbonyl (C=O) groups excluding carboxylic acids is 1. The van der Waals surface area contributed by atoms with Crippen LogP contribution in [-0.2, 0) is 4.79 Å². The van der Waals surface area contributed by atoms with Crippen LogP contribution in [0.4, 0.5) is 5.69 Å². The van der Waals surface area contributed by atoms with Gasteiger partial charge >= 0.3 is 0 Å². The molecule has 0 spiro atoms. The normalized spacial score (nSPS) is 13.4. The molecular weight excluding hydrogens is 242 g/mol. The molecule has 1 amide bonds. The van der Waals surface area contributed by atoms with Crippen molar-refractivity contribution in [3.05, 3.63) is 24.3 Å². The van der Waals surface area contributed by atoms with Gasteiger partial charge in [0.1, 0.15) is 5.75 Å². The van der Waals surface area contributed by atoms with Gasteiger partial charge in [0.05, 0.1) is 11.5 Å². The number of hydrogen-bond donors (Lipinski definition) is 2. The number of halogens is 1. The molecule has 1 aromatic carbocycles. The maximum atomic E-state index is 11.7. The fourth-order valence-electron chi connectivity index (χ4n) is 1.63. The molecule has 92 valence electrons. The van der Waals surface area contributed by atoms with Crippen molar-refractivity contribution in [3.63, 3.8) is 0 Å². The van der Waals surface area contributed by atoms with Crippen molar-refractivity contribution >= 4 is 29.8 Å². The quantitative estimate of drug-likeness (QED) is 0.628. The van der Waals surface area contributed by atoms with Gasteiger partial charge in [0.15, 0.2) is 6.61 Å². The molecule has 1 aliphatic heterocycles. The first-order valence-corrected chi connectivity index (χ1v) is 5.03. The lowest BCUT2D eigenvalue weighted by molar-refractivity contribution is -0.121. The molecule has 0 fully saturated rings. The summed E-state index contributed by atoms with van der Waals surface area (Å²) in [7, 11) is 0. The van der Waals surface area contributed by atoms with Gasteiger partial charge in [-0.25, -0.2) is 0 Å². The van der Waals surface area contributed by atoms with E-state index in [1.54, 1.807) is 4.90 Å². The van der Waals surface area contributed by atoms with Crippen LogP contribution in [0.15, 0.2) is 24.3 Å². The highest BCUT2D eigenvalue weighted by Gasteiger charge is 2.24. The smallest absolute Gasteiger partial charge is 0.265 e. The SMILES string of the molecule is Cl.N=C(N)CCN1C(=O)COc2ccccc21. The fourth-order valence-corrected chi connectivity index (χ4v) is 1.63. The lowest BCUT2D eigenvalue weighted by Gasteiger charge is -2.29. The number of amides is 1. The second-order valence-electron chi connectivity index (χ2n) is 3.58. The van der Waals surface area contributed by atoms with Crippen molar-refractivity contribution in [1.82, 2.24) is 0 Å². The number of benzene rings is 1. The van der Waals surface area contributed by atoms with Crippen LogP contribution in [0.5, 0.6) is 5.75 Å². The number of para-hydroxylation sites is 2. The number of nitrogens with zero attached hydrogens (tertiary/aromatic N) is 1. The molecule has 1 aliphatic rings. The minimum atomic E-state index is -0.0973. The Balaban J connectivity index is 0.00000144. The predicted octanol–water partition coefficient (Wildman–Crippen LogP) is 1.16. The zero-order valence-corrected chi connectivity index (χ0v) is 10.00.